The van der Waals surface area contributed by atoms with Crippen LogP contribution in [0.15, 0.2) is 12.7 Å². The Balaban J connectivity index is 0.000000305. The van der Waals surface area contributed by atoms with Gasteiger partial charge >= 0.3 is 0 Å². The van der Waals surface area contributed by atoms with E-state index in [9.17, 15) is 0 Å². The van der Waals surface area contributed by atoms with Gasteiger partial charge in [-0.2, -0.15) is 0 Å². The molecule has 2 aromatic rings. The average Bonchev–Trinajstić information content (AvgIpc) is 3.38. The molecule has 5 N–H and O–H groups in total. The second-order valence-electron chi connectivity index (χ2n) is 9.62. The minimum atomic E-state index is -1.32. The van der Waals surface area contributed by atoms with E-state index in [1.165, 1.54) is 12.7 Å². The third-order valence-corrected chi connectivity index (χ3v) is 6.77. The predicted octanol–water partition coefficient (Wildman–Crippen LogP) is 2.47. The van der Waals surface area contributed by atoms with E-state index >= 15 is 0 Å². The molecule has 0 bridgehead atoms. The lowest BCUT2D eigenvalue weighted by Crippen LogP contribution is -2.36. The van der Waals surface area contributed by atoms with Gasteiger partial charge in [0, 0.05) is 44.6 Å². The monoisotopic (exact) mass is 448 g/mol. The molecule has 0 radical (unpaired) electrons. The molecular formula is C23H40N6O3. The van der Waals surface area contributed by atoms with Crippen molar-refractivity contribution in [3.8, 4) is 0 Å². The first-order valence-electron chi connectivity index (χ1n) is 12.0. The molecule has 2 heterocycles. The normalized spacial score (nSPS) is 23.0. The highest BCUT2D eigenvalue weighted by Gasteiger charge is 2.29. The number of fused-ring (bicyclic) bond motifs is 1. The highest BCUT2D eigenvalue weighted by molar-refractivity contribution is 5.81. The summed E-state index contributed by atoms with van der Waals surface area (Å²) < 4.78 is 2.17. The van der Waals surface area contributed by atoms with Gasteiger partial charge in [-0.1, -0.05) is 6.42 Å². The van der Waals surface area contributed by atoms with Crippen molar-refractivity contribution in [2.24, 2.45) is 5.92 Å². The van der Waals surface area contributed by atoms with Gasteiger partial charge in [0.05, 0.1) is 6.33 Å². The van der Waals surface area contributed by atoms with Gasteiger partial charge in [0.1, 0.15) is 11.8 Å². The molecule has 2 fully saturated rings. The standard InChI is InChI=1S/C17H28N6O.C6H12O2/c1-12(2)22(6-3-7-24)9-13-4-5-14(8-13)23-11-21-15-16(18)19-10-20-17(15)23;7-6(8)4-2-1-3-5-6/h10-14,24H,3-9H2,1-2H3,(H2,18,19,20);7-8H,1-5H2. The summed E-state index contributed by atoms with van der Waals surface area (Å²) in [4.78, 5) is 15.3. The number of hydrogen-bond acceptors (Lipinski definition) is 8. The Kier molecular flexibility index (Phi) is 8.81. The molecule has 2 aliphatic rings. The summed E-state index contributed by atoms with van der Waals surface area (Å²) in [6.45, 7) is 6.78. The maximum atomic E-state index is 9.09. The molecule has 2 aliphatic carbocycles. The van der Waals surface area contributed by atoms with Gasteiger partial charge in [0.25, 0.3) is 0 Å². The van der Waals surface area contributed by atoms with E-state index in [1.54, 1.807) is 0 Å². The topological polar surface area (TPSA) is 134 Å². The molecular weight excluding hydrogens is 408 g/mol. The maximum absolute atomic E-state index is 9.09. The van der Waals surface area contributed by atoms with Crippen molar-refractivity contribution in [2.75, 3.05) is 25.4 Å². The summed E-state index contributed by atoms with van der Waals surface area (Å²) in [5, 5.41) is 26.9. The molecule has 9 nitrogen and oxygen atoms in total. The van der Waals surface area contributed by atoms with Crippen LogP contribution in [0.2, 0.25) is 0 Å². The van der Waals surface area contributed by atoms with Crippen LogP contribution in [0.4, 0.5) is 5.82 Å². The van der Waals surface area contributed by atoms with E-state index in [1.807, 2.05) is 6.33 Å². The Morgan fingerprint density at radius 2 is 1.91 bits per heavy atom. The molecule has 4 rings (SSSR count). The second-order valence-corrected chi connectivity index (χ2v) is 9.62. The minimum absolute atomic E-state index is 0.263. The fraction of sp³-hybridized carbons (Fsp3) is 0.783. The molecule has 2 atom stereocenters. The van der Waals surface area contributed by atoms with E-state index in [0.717, 1.165) is 57.3 Å². The van der Waals surface area contributed by atoms with Gasteiger partial charge in [0.2, 0.25) is 0 Å². The molecule has 2 aromatic heterocycles. The first-order valence-corrected chi connectivity index (χ1v) is 12.0. The highest BCUT2D eigenvalue weighted by atomic mass is 16.5. The number of nitrogen functional groups attached to an aromatic ring is 1. The van der Waals surface area contributed by atoms with Crippen molar-refractivity contribution in [3.05, 3.63) is 12.7 Å². The van der Waals surface area contributed by atoms with Gasteiger partial charge in [-0.25, -0.2) is 15.0 Å². The highest BCUT2D eigenvalue weighted by Crippen LogP contribution is 2.37. The van der Waals surface area contributed by atoms with Gasteiger partial charge in [-0.05, 0) is 58.3 Å². The number of aliphatic hydroxyl groups excluding tert-OH is 1. The number of nitrogens with two attached hydrogens (primary N) is 1. The first-order chi connectivity index (χ1) is 15.3. The van der Waals surface area contributed by atoms with E-state index < -0.39 is 5.79 Å². The van der Waals surface area contributed by atoms with Crippen LogP contribution in [-0.4, -0.2) is 71.3 Å². The molecule has 9 heteroatoms. The Morgan fingerprint density at radius 3 is 2.53 bits per heavy atom. The van der Waals surface area contributed by atoms with Gasteiger partial charge in [0.15, 0.2) is 17.3 Å². The summed E-state index contributed by atoms with van der Waals surface area (Å²) in [5.41, 5.74) is 7.43. The maximum Gasteiger partial charge on any atom is 0.165 e. The number of nitrogens with zero attached hydrogens (tertiary/aromatic N) is 5. The van der Waals surface area contributed by atoms with Gasteiger partial charge in [-0.3, -0.25) is 0 Å². The third-order valence-electron chi connectivity index (χ3n) is 6.77. The van der Waals surface area contributed by atoms with E-state index in [4.69, 9.17) is 21.1 Å². The first kappa shape index (κ1) is 24.8. The lowest BCUT2D eigenvalue weighted by molar-refractivity contribution is -0.180. The van der Waals surface area contributed by atoms with Crippen molar-refractivity contribution in [1.29, 1.82) is 0 Å². The number of imidazole rings is 1. The van der Waals surface area contributed by atoms with Crippen LogP contribution in [0.5, 0.6) is 0 Å². The molecule has 0 aliphatic heterocycles. The predicted molar refractivity (Wildman–Crippen MR) is 125 cm³/mol. The fourth-order valence-electron chi connectivity index (χ4n) is 4.89. The average molecular weight is 449 g/mol. The van der Waals surface area contributed by atoms with Crippen LogP contribution in [0, 0.1) is 5.92 Å². The summed E-state index contributed by atoms with van der Waals surface area (Å²) in [5.74, 6) is -0.200. The molecule has 2 saturated carbocycles. The zero-order valence-corrected chi connectivity index (χ0v) is 19.5. The fourth-order valence-corrected chi connectivity index (χ4v) is 4.89. The van der Waals surface area contributed by atoms with Crippen LogP contribution in [0.25, 0.3) is 11.2 Å². The van der Waals surface area contributed by atoms with Crippen LogP contribution < -0.4 is 5.73 Å². The van der Waals surface area contributed by atoms with Crippen molar-refractivity contribution in [1.82, 2.24) is 24.4 Å². The minimum Gasteiger partial charge on any atom is -0.396 e. The zero-order valence-electron chi connectivity index (χ0n) is 19.5. The Morgan fingerprint density at radius 1 is 1.16 bits per heavy atom. The van der Waals surface area contributed by atoms with E-state index in [2.05, 4.69) is 38.3 Å². The smallest absolute Gasteiger partial charge is 0.165 e. The largest absolute Gasteiger partial charge is 0.396 e. The molecule has 180 valence electrons. The molecule has 0 saturated heterocycles. The number of hydrogen-bond donors (Lipinski definition) is 4. The number of aliphatic hydroxyl groups is 3. The molecule has 0 amide bonds. The number of aromatic nitrogens is 4. The van der Waals surface area contributed by atoms with Crippen molar-refractivity contribution < 1.29 is 15.3 Å². The Labute approximate surface area is 190 Å². The van der Waals surface area contributed by atoms with E-state index in [0.29, 0.717) is 42.2 Å². The van der Waals surface area contributed by atoms with Crippen LogP contribution in [0.1, 0.15) is 77.7 Å². The SMILES string of the molecule is CC(C)N(CCCO)CC1CCC(n2cnc3c(N)ncnc32)C1.OC1(O)CCCCC1. The second kappa shape index (κ2) is 11.4. The molecule has 32 heavy (non-hydrogen) atoms. The molecule has 2 unspecified atom stereocenters. The summed E-state index contributed by atoms with van der Waals surface area (Å²) in [6.07, 6.45) is 11.9. The third kappa shape index (κ3) is 6.60. The molecule has 0 spiro atoms. The zero-order chi connectivity index (χ0) is 23.1. The Hall–Kier alpha value is -1.81. The van der Waals surface area contributed by atoms with Crippen molar-refractivity contribution in [3.63, 3.8) is 0 Å². The van der Waals surface area contributed by atoms with E-state index in [-0.39, 0.29) is 6.61 Å². The van der Waals surface area contributed by atoms with Crippen molar-refractivity contribution >= 4 is 17.0 Å². The summed E-state index contributed by atoms with van der Waals surface area (Å²) >= 11 is 0. The lowest BCUT2D eigenvalue weighted by atomic mass is 9.95. The van der Waals surface area contributed by atoms with Crippen molar-refractivity contribution in [2.45, 2.75) is 89.5 Å². The van der Waals surface area contributed by atoms with Crippen LogP contribution in [0.3, 0.4) is 0 Å². The summed E-state index contributed by atoms with van der Waals surface area (Å²) in [7, 11) is 0. The summed E-state index contributed by atoms with van der Waals surface area (Å²) in [6, 6.07) is 0.943. The van der Waals surface area contributed by atoms with Crippen LogP contribution in [-0.2, 0) is 0 Å². The Bertz CT molecular complexity index is 832. The van der Waals surface area contributed by atoms with Gasteiger partial charge < -0.3 is 30.5 Å². The van der Waals surface area contributed by atoms with Crippen LogP contribution >= 0.6 is 0 Å². The van der Waals surface area contributed by atoms with Gasteiger partial charge in [-0.15, -0.1) is 0 Å². The number of anilines is 1. The lowest BCUT2D eigenvalue weighted by Gasteiger charge is -2.29. The quantitative estimate of drug-likeness (QED) is 0.475. The number of rotatable bonds is 7. The molecule has 0 aromatic carbocycles.